The van der Waals surface area contributed by atoms with Crippen molar-refractivity contribution in [3.63, 3.8) is 0 Å². The summed E-state index contributed by atoms with van der Waals surface area (Å²) < 4.78 is 10.7. The van der Waals surface area contributed by atoms with Crippen LogP contribution >= 0.6 is 0 Å². The molecular formula is C23H26N2O4. The van der Waals surface area contributed by atoms with Crippen molar-refractivity contribution in [3.05, 3.63) is 60.2 Å². The minimum Gasteiger partial charge on any atom is -0.497 e. The van der Waals surface area contributed by atoms with Crippen LogP contribution in [0.5, 0.6) is 11.5 Å². The van der Waals surface area contributed by atoms with Gasteiger partial charge in [0.1, 0.15) is 11.5 Å². The van der Waals surface area contributed by atoms with E-state index >= 15 is 0 Å². The van der Waals surface area contributed by atoms with Crippen LogP contribution < -0.4 is 9.47 Å². The zero-order valence-electron chi connectivity index (χ0n) is 16.7. The molecule has 6 heteroatoms. The monoisotopic (exact) mass is 394 g/mol. The molecule has 2 aromatic carbocycles. The zero-order valence-corrected chi connectivity index (χ0v) is 16.7. The maximum Gasteiger partial charge on any atom is 0.260 e. The van der Waals surface area contributed by atoms with Crippen LogP contribution in [-0.2, 0) is 16.1 Å². The van der Waals surface area contributed by atoms with Crippen LogP contribution in [-0.4, -0.2) is 55.0 Å². The number of likely N-dealkylation sites (tertiary alicyclic amines) is 2. The van der Waals surface area contributed by atoms with E-state index in [1.54, 1.807) is 7.11 Å². The van der Waals surface area contributed by atoms with E-state index in [2.05, 4.69) is 0 Å². The van der Waals surface area contributed by atoms with Crippen molar-refractivity contribution >= 4 is 11.8 Å². The summed E-state index contributed by atoms with van der Waals surface area (Å²) in [6, 6.07) is 17.1. The average Bonchev–Trinajstić information content (AvgIpc) is 2.78. The second kappa shape index (κ2) is 8.15. The third kappa shape index (κ3) is 4.06. The number of piperidine rings is 1. The maximum atomic E-state index is 12.8. The molecule has 2 heterocycles. The lowest BCUT2D eigenvalue weighted by molar-refractivity contribution is -0.168. The van der Waals surface area contributed by atoms with Gasteiger partial charge >= 0.3 is 0 Å². The molecule has 2 aliphatic rings. The summed E-state index contributed by atoms with van der Waals surface area (Å²) in [6.07, 6.45) is 1.45. The normalized spacial score (nSPS) is 17.8. The molecule has 2 fully saturated rings. The molecule has 2 saturated heterocycles. The number of para-hydroxylation sites is 1. The molecule has 6 nitrogen and oxygen atoms in total. The summed E-state index contributed by atoms with van der Waals surface area (Å²) in [4.78, 5) is 29.0. The van der Waals surface area contributed by atoms with Gasteiger partial charge in [0.05, 0.1) is 12.5 Å². The van der Waals surface area contributed by atoms with E-state index in [0.29, 0.717) is 25.4 Å². The van der Waals surface area contributed by atoms with Crippen molar-refractivity contribution < 1.29 is 19.1 Å². The van der Waals surface area contributed by atoms with Gasteiger partial charge in [-0.25, -0.2) is 0 Å². The molecule has 152 valence electrons. The molecule has 2 aliphatic heterocycles. The zero-order chi connectivity index (χ0) is 20.3. The minimum absolute atomic E-state index is 0.0226. The number of ether oxygens (including phenoxy) is 2. The SMILES string of the molecule is COc1ccc(CN2CC3(CCN(C(=O)COc4ccccc4)CC3)C2=O)cc1. The number of hydrogen-bond acceptors (Lipinski definition) is 4. The predicted molar refractivity (Wildman–Crippen MR) is 109 cm³/mol. The summed E-state index contributed by atoms with van der Waals surface area (Å²) in [5.74, 6) is 1.69. The summed E-state index contributed by atoms with van der Waals surface area (Å²) in [5, 5.41) is 0. The number of carbonyl (C=O) groups is 2. The van der Waals surface area contributed by atoms with Crippen molar-refractivity contribution in [2.75, 3.05) is 33.4 Å². The van der Waals surface area contributed by atoms with Gasteiger partial charge in [-0.15, -0.1) is 0 Å². The van der Waals surface area contributed by atoms with Gasteiger partial charge in [0, 0.05) is 26.2 Å². The summed E-state index contributed by atoms with van der Waals surface area (Å²) in [5.41, 5.74) is 0.809. The number of carbonyl (C=O) groups excluding carboxylic acids is 2. The van der Waals surface area contributed by atoms with Crippen LogP contribution in [0.15, 0.2) is 54.6 Å². The quantitative estimate of drug-likeness (QED) is 0.707. The van der Waals surface area contributed by atoms with E-state index in [1.807, 2.05) is 64.4 Å². The lowest BCUT2D eigenvalue weighted by atomic mass is 9.71. The van der Waals surface area contributed by atoms with Crippen LogP contribution in [0.2, 0.25) is 0 Å². The molecule has 0 saturated carbocycles. The van der Waals surface area contributed by atoms with Gasteiger partial charge in [-0.05, 0) is 42.7 Å². The first-order valence-corrected chi connectivity index (χ1v) is 9.98. The van der Waals surface area contributed by atoms with E-state index in [9.17, 15) is 9.59 Å². The lowest BCUT2D eigenvalue weighted by Crippen LogP contribution is -2.64. The Morgan fingerprint density at radius 1 is 1.00 bits per heavy atom. The summed E-state index contributed by atoms with van der Waals surface area (Å²) in [6.45, 7) is 2.64. The average molecular weight is 394 g/mol. The number of β-lactam (4-membered cyclic amide) rings is 1. The highest BCUT2D eigenvalue weighted by molar-refractivity contribution is 5.89. The molecular weight excluding hydrogens is 368 g/mol. The number of amides is 2. The van der Waals surface area contributed by atoms with Gasteiger partial charge in [0.15, 0.2) is 6.61 Å². The number of nitrogens with zero attached hydrogens (tertiary/aromatic N) is 2. The van der Waals surface area contributed by atoms with Crippen LogP contribution in [0.3, 0.4) is 0 Å². The Bertz CT molecular complexity index is 858. The molecule has 0 aromatic heterocycles. The highest BCUT2D eigenvalue weighted by atomic mass is 16.5. The van der Waals surface area contributed by atoms with Crippen LogP contribution in [0.1, 0.15) is 18.4 Å². The number of hydrogen-bond donors (Lipinski definition) is 0. The lowest BCUT2D eigenvalue weighted by Gasteiger charge is -2.52. The van der Waals surface area contributed by atoms with Crippen molar-refractivity contribution in [1.82, 2.24) is 9.80 Å². The number of rotatable bonds is 6. The molecule has 0 aliphatic carbocycles. The Morgan fingerprint density at radius 2 is 1.69 bits per heavy atom. The fourth-order valence-corrected chi connectivity index (χ4v) is 4.14. The van der Waals surface area contributed by atoms with Crippen LogP contribution in [0.25, 0.3) is 0 Å². The van der Waals surface area contributed by atoms with Gasteiger partial charge < -0.3 is 19.3 Å². The first-order valence-electron chi connectivity index (χ1n) is 9.98. The van der Waals surface area contributed by atoms with Crippen molar-refractivity contribution in [3.8, 4) is 11.5 Å². The van der Waals surface area contributed by atoms with E-state index in [-0.39, 0.29) is 23.8 Å². The molecule has 2 aromatic rings. The smallest absolute Gasteiger partial charge is 0.260 e. The minimum atomic E-state index is -0.288. The molecule has 0 N–H and O–H groups in total. The third-order valence-electron chi connectivity index (χ3n) is 5.95. The molecule has 0 atom stereocenters. The maximum absolute atomic E-state index is 12.8. The summed E-state index contributed by atoms with van der Waals surface area (Å²) in [7, 11) is 1.64. The second-order valence-corrected chi connectivity index (χ2v) is 7.77. The van der Waals surface area contributed by atoms with E-state index in [0.717, 1.165) is 30.7 Å². The van der Waals surface area contributed by atoms with E-state index in [1.165, 1.54) is 0 Å². The Hall–Kier alpha value is -3.02. The molecule has 29 heavy (non-hydrogen) atoms. The first-order chi connectivity index (χ1) is 14.1. The first kappa shape index (κ1) is 19.3. The predicted octanol–water partition coefficient (Wildman–Crippen LogP) is 2.73. The highest BCUT2D eigenvalue weighted by Gasteiger charge is 2.53. The third-order valence-corrected chi connectivity index (χ3v) is 5.95. The fourth-order valence-electron chi connectivity index (χ4n) is 4.14. The van der Waals surface area contributed by atoms with Gasteiger partial charge in [-0.1, -0.05) is 30.3 Å². The van der Waals surface area contributed by atoms with Crippen LogP contribution in [0, 0.1) is 5.41 Å². The van der Waals surface area contributed by atoms with Crippen LogP contribution in [0.4, 0.5) is 0 Å². The number of methoxy groups -OCH3 is 1. The van der Waals surface area contributed by atoms with E-state index < -0.39 is 0 Å². The van der Waals surface area contributed by atoms with Crippen molar-refractivity contribution in [2.45, 2.75) is 19.4 Å². The van der Waals surface area contributed by atoms with Crippen molar-refractivity contribution in [2.24, 2.45) is 5.41 Å². The standard InChI is InChI=1S/C23H26N2O4/c1-28-19-9-7-18(8-10-19)15-25-17-23(22(25)27)11-13-24(14-12-23)21(26)16-29-20-5-3-2-4-6-20/h2-10H,11-17H2,1H3. The van der Waals surface area contributed by atoms with Crippen molar-refractivity contribution in [1.29, 1.82) is 0 Å². The highest BCUT2D eigenvalue weighted by Crippen LogP contribution is 2.42. The van der Waals surface area contributed by atoms with Gasteiger partial charge in [0.2, 0.25) is 5.91 Å². The van der Waals surface area contributed by atoms with Gasteiger partial charge in [0.25, 0.3) is 5.91 Å². The summed E-state index contributed by atoms with van der Waals surface area (Å²) >= 11 is 0. The van der Waals surface area contributed by atoms with Gasteiger partial charge in [-0.3, -0.25) is 9.59 Å². The van der Waals surface area contributed by atoms with Gasteiger partial charge in [-0.2, -0.15) is 0 Å². The molecule has 2 amide bonds. The molecule has 0 radical (unpaired) electrons. The second-order valence-electron chi connectivity index (χ2n) is 7.77. The number of benzene rings is 2. The van der Waals surface area contributed by atoms with E-state index in [4.69, 9.17) is 9.47 Å². The Labute approximate surface area is 171 Å². The molecule has 4 rings (SSSR count). The Morgan fingerprint density at radius 3 is 2.31 bits per heavy atom. The Balaban J connectivity index is 1.25. The molecule has 1 spiro atoms. The largest absolute Gasteiger partial charge is 0.497 e. The molecule has 0 unspecified atom stereocenters. The topological polar surface area (TPSA) is 59.1 Å². The fraction of sp³-hybridized carbons (Fsp3) is 0.391. The molecule has 0 bridgehead atoms. The Kier molecular flexibility index (Phi) is 5.43.